The summed E-state index contributed by atoms with van der Waals surface area (Å²) in [7, 11) is 0. The lowest BCUT2D eigenvalue weighted by molar-refractivity contribution is -0.362. The predicted octanol–water partition coefficient (Wildman–Crippen LogP) is -1.82. The normalized spacial score (nSPS) is 47.9. The SMILES string of the molecule is CC(=O)OCC1OC(OC(=O)C(C)=C(C)CC(O)C(C)C2CCC3C4CC=C5CC(OC6OC(CO)C(O)C(O)C6O)CC(O)C5(C)C4CCC23C)C(OC2OC(CO)C(O)C(O)C2O)C(O)C1O. The highest BCUT2D eigenvalue weighted by atomic mass is 16.8. The van der Waals surface area contributed by atoms with Gasteiger partial charge < -0.3 is 94.4 Å². The van der Waals surface area contributed by atoms with E-state index >= 15 is 0 Å². The molecular formula is C48H76O21. The Labute approximate surface area is 401 Å². The molecule has 0 bridgehead atoms. The molecule has 6 fully saturated rings. The van der Waals surface area contributed by atoms with Crippen LogP contribution in [0.5, 0.6) is 0 Å². The molecule has 0 spiro atoms. The van der Waals surface area contributed by atoms with Gasteiger partial charge in [-0.1, -0.05) is 38.0 Å². The summed E-state index contributed by atoms with van der Waals surface area (Å²) < 4.78 is 39.4. The average molecular weight is 989 g/mol. The maximum Gasteiger partial charge on any atom is 0.336 e. The molecule has 0 aromatic rings. The number of aliphatic hydroxyl groups is 12. The van der Waals surface area contributed by atoms with Crippen LogP contribution < -0.4 is 0 Å². The third-order valence-corrected chi connectivity index (χ3v) is 17.6. The molecule has 0 aromatic carbocycles. The van der Waals surface area contributed by atoms with E-state index in [1.54, 1.807) is 6.92 Å². The maximum absolute atomic E-state index is 13.8. The Balaban J connectivity index is 1.00. The quantitative estimate of drug-likeness (QED) is 0.0518. The van der Waals surface area contributed by atoms with Crippen LogP contribution in [0.1, 0.15) is 92.9 Å². The van der Waals surface area contributed by atoms with Gasteiger partial charge in [0.05, 0.1) is 31.5 Å². The van der Waals surface area contributed by atoms with E-state index in [0.717, 1.165) is 44.6 Å². The van der Waals surface area contributed by atoms with Crippen LogP contribution in [-0.4, -0.2) is 203 Å². The van der Waals surface area contributed by atoms with Crippen molar-refractivity contribution in [3.8, 4) is 0 Å². The van der Waals surface area contributed by atoms with E-state index in [0.29, 0.717) is 17.9 Å². The molecule has 0 amide bonds. The van der Waals surface area contributed by atoms with Gasteiger partial charge in [0.15, 0.2) is 18.7 Å². The fourth-order valence-electron chi connectivity index (χ4n) is 13.2. The van der Waals surface area contributed by atoms with Gasteiger partial charge in [0, 0.05) is 24.3 Å². The van der Waals surface area contributed by atoms with E-state index in [1.807, 2.05) is 6.92 Å². The Morgan fingerprint density at radius 3 is 1.91 bits per heavy atom. The van der Waals surface area contributed by atoms with Gasteiger partial charge in [0.25, 0.3) is 0 Å². The number of carbonyl (C=O) groups is 2. The number of hydrogen-bond donors (Lipinski definition) is 12. The molecular weight excluding hydrogens is 913 g/mol. The maximum atomic E-state index is 13.8. The highest BCUT2D eigenvalue weighted by Crippen LogP contribution is 2.67. The molecule has 0 aromatic heterocycles. The highest BCUT2D eigenvalue weighted by molar-refractivity contribution is 5.88. The lowest BCUT2D eigenvalue weighted by atomic mass is 9.46. The summed E-state index contributed by atoms with van der Waals surface area (Å²) >= 11 is 0. The van der Waals surface area contributed by atoms with Crippen LogP contribution >= 0.6 is 0 Å². The largest absolute Gasteiger partial charge is 0.463 e. The third-order valence-electron chi connectivity index (χ3n) is 17.6. The second kappa shape index (κ2) is 21.7. The molecule has 21 heteroatoms. The highest BCUT2D eigenvalue weighted by Gasteiger charge is 2.62. The predicted molar refractivity (Wildman–Crippen MR) is 235 cm³/mol. The van der Waals surface area contributed by atoms with Crippen LogP contribution in [0.25, 0.3) is 0 Å². The molecule has 21 nitrogen and oxygen atoms in total. The minimum atomic E-state index is -1.91. The first kappa shape index (κ1) is 54.5. The molecule has 394 valence electrons. The van der Waals surface area contributed by atoms with E-state index in [2.05, 4.69) is 19.9 Å². The number of allylic oxidation sites excluding steroid dienone is 1. The summed E-state index contributed by atoms with van der Waals surface area (Å²) in [6, 6.07) is 0. The summed E-state index contributed by atoms with van der Waals surface area (Å²) in [5.74, 6) is -0.901. The van der Waals surface area contributed by atoms with Crippen LogP contribution in [0.3, 0.4) is 0 Å². The molecule has 3 aliphatic heterocycles. The van der Waals surface area contributed by atoms with Gasteiger partial charge in [-0.2, -0.15) is 0 Å². The minimum absolute atomic E-state index is 0.106. The third kappa shape index (κ3) is 10.3. The zero-order chi connectivity index (χ0) is 50.6. The molecule has 25 unspecified atom stereocenters. The standard InChI is InChI=1S/C48H76O21/c1-19(20(2)43(62)69-46-42(39(59)36(56)32(67-46)18-63-22(4)51)68-45-41(61)38(58)35(55)31(17-50)66-45)13-29(52)21(3)26-9-10-27-25-8-7-23-14-24(64-44-40(60)37(57)34(54)30(16-49)65-44)15-33(53)48(23,6)28(25)11-12-47(26,27)5/h7,21,24-42,44-46,49-50,52-61H,8-18H2,1-6H3. The molecule has 4 aliphatic carbocycles. The Hall–Kier alpha value is -2.26. The number of aliphatic hydroxyl groups excluding tert-OH is 12. The molecule has 12 N–H and O–H groups in total. The van der Waals surface area contributed by atoms with Crippen LogP contribution in [0.2, 0.25) is 0 Å². The molecule has 25 atom stereocenters. The van der Waals surface area contributed by atoms with E-state index in [9.17, 15) is 70.9 Å². The van der Waals surface area contributed by atoms with Crippen molar-refractivity contribution in [2.75, 3.05) is 19.8 Å². The zero-order valence-corrected chi connectivity index (χ0v) is 40.2. The smallest absolute Gasteiger partial charge is 0.336 e. The van der Waals surface area contributed by atoms with Crippen molar-refractivity contribution in [2.45, 2.75) is 203 Å². The summed E-state index contributed by atoms with van der Waals surface area (Å²) in [6.07, 6.45) is -19.0. The minimum Gasteiger partial charge on any atom is -0.463 e. The molecule has 3 saturated heterocycles. The van der Waals surface area contributed by atoms with Crippen molar-refractivity contribution < 1.29 is 104 Å². The van der Waals surface area contributed by atoms with Gasteiger partial charge in [-0.05, 0) is 93.8 Å². The topological polar surface area (TPSA) is 342 Å². The van der Waals surface area contributed by atoms with Crippen molar-refractivity contribution in [2.24, 2.45) is 40.4 Å². The first-order chi connectivity index (χ1) is 32.5. The lowest BCUT2D eigenvalue weighted by Gasteiger charge is -2.60. The van der Waals surface area contributed by atoms with Gasteiger partial charge in [0.1, 0.15) is 73.8 Å². The van der Waals surface area contributed by atoms with E-state index in [1.165, 1.54) is 6.92 Å². The van der Waals surface area contributed by atoms with Crippen molar-refractivity contribution in [1.29, 1.82) is 0 Å². The Bertz CT molecular complexity index is 1860. The summed E-state index contributed by atoms with van der Waals surface area (Å²) in [4.78, 5) is 25.4. The second-order valence-electron chi connectivity index (χ2n) is 21.3. The van der Waals surface area contributed by atoms with Crippen LogP contribution in [0, 0.1) is 40.4 Å². The molecule has 7 rings (SSSR count). The number of ether oxygens (including phenoxy) is 7. The fourth-order valence-corrected chi connectivity index (χ4v) is 13.2. The van der Waals surface area contributed by atoms with Crippen LogP contribution in [0.15, 0.2) is 22.8 Å². The van der Waals surface area contributed by atoms with Gasteiger partial charge in [0.2, 0.25) is 6.29 Å². The van der Waals surface area contributed by atoms with Gasteiger partial charge in [-0.3, -0.25) is 4.79 Å². The van der Waals surface area contributed by atoms with E-state index < -0.39 is 148 Å². The van der Waals surface area contributed by atoms with E-state index in [4.69, 9.17) is 33.2 Å². The average Bonchev–Trinajstić information content (AvgIpc) is 3.67. The summed E-state index contributed by atoms with van der Waals surface area (Å²) in [5, 5.41) is 128. The Kier molecular flexibility index (Phi) is 17.1. The molecule has 69 heavy (non-hydrogen) atoms. The molecule has 3 saturated carbocycles. The number of esters is 2. The Morgan fingerprint density at radius 1 is 0.739 bits per heavy atom. The molecule has 3 heterocycles. The van der Waals surface area contributed by atoms with Crippen molar-refractivity contribution in [3.05, 3.63) is 22.8 Å². The first-order valence-corrected chi connectivity index (χ1v) is 24.5. The van der Waals surface area contributed by atoms with Gasteiger partial charge >= 0.3 is 11.9 Å². The fraction of sp³-hybridized carbons (Fsp3) is 0.875. The summed E-state index contributed by atoms with van der Waals surface area (Å²) in [5.41, 5.74) is 1.05. The monoisotopic (exact) mass is 988 g/mol. The van der Waals surface area contributed by atoms with Crippen molar-refractivity contribution >= 4 is 11.9 Å². The van der Waals surface area contributed by atoms with Gasteiger partial charge in [-0.15, -0.1) is 0 Å². The van der Waals surface area contributed by atoms with Gasteiger partial charge in [-0.25, -0.2) is 4.79 Å². The van der Waals surface area contributed by atoms with Crippen LogP contribution in [-0.2, 0) is 42.7 Å². The summed E-state index contributed by atoms with van der Waals surface area (Å²) in [6.45, 7) is 8.89. The van der Waals surface area contributed by atoms with Crippen molar-refractivity contribution in [1.82, 2.24) is 0 Å². The van der Waals surface area contributed by atoms with Crippen LogP contribution in [0.4, 0.5) is 0 Å². The number of fused-ring (bicyclic) bond motifs is 5. The van der Waals surface area contributed by atoms with Crippen molar-refractivity contribution in [3.63, 3.8) is 0 Å². The number of rotatable bonds is 14. The second-order valence-corrected chi connectivity index (χ2v) is 21.3. The number of hydrogen-bond acceptors (Lipinski definition) is 21. The first-order valence-electron chi connectivity index (χ1n) is 24.5. The lowest BCUT2D eigenvalue weighted by Crippen LogP contribution is -2.65. The molecule has 0 radical (unpaired) electrons. The zero-order valence-electron chi connectivity index (χ0n) is 40.2. The van der Waals surface area contributed by atoms with E-state index in [-0.39, 0.29) is 47.5 Å². The number of carbonyl (C=O) groups excluding carboxylic acids is 2. The Morgan fingerprint density at radius 2 is 1.32 bits per heavy atom. The molecule has 7 aliphatic rings.